The number of urea groups is 1. The van der Waals surface area contributed by atoms with Crippen LogP contribution in [0.3, 0.4) is 0 Å². The molecular weight excluding hydrogens is 598 g/mol. The average molecular weight is 644 g/mol. The number of carbonyl (C=O) groups is 1. The van der Waals surface area contributed by atoms with Gasteiger partial charge in [-0.25, -0.2) is 4.79 Å². The molecule has 4 N–H and O–H groups in total. The molecule has 1 unspecified atom stereocenters. The van der Waals surface area contributed by atoms with Crippen LogP contribution >= 0.6 is 0 Å². The van der Waals surface area contributed by atoms with Crippen LogP contribution in [0.2, 0.25) is 0 Å². The van der Waals surface area contributed by atoms with Crippen molar-refractivity contribution in [2.45, 2.75) is 56.8 Å². The van der Waals surface area contributed by atoms with E-state index >= 15 is 0 Å². The van der Waals surface area contributed by atoms with Crippen molar-refractivity contribution >= 4 is 35.0 Å². The molecule has 2 amide bonds. The van der Waals surface area contributed by atoms with Gasteiger partial charge in [0.2, 0.25) is 11.9 Å². The third kappa shape index (κ3) is 7.13. The van der Waals surface area contributed by atoms with E-state index in [0.717, 1.165) is 56.3 Å². The molecule has 3 aromatic rings. The number of aromatic nitrogens is 3. The summed E-state index contributed by atoms with van der Waals surface area (Å²) >= 11 is 0. The number of aliphatic hydroxyl groups is 2. The topological polar surface area (TPSA) is 142 Å². The molecule has 13 heteroatoms. The Kier molecular flexibility index (Phi) is 9.39. The number of benzene rings is 2. The number of amides is 2. The molecule has 4 aliphatic rings. The summed E-state index contributed by atoms with van der Waals surface area (Å²) in [5.41, 5.74) is 3.30. The van der Waals surface area contributed by atoms with Gasteiger partial charge in [0.05, 0.1) is 44.6 Å². The average Bonchev–Trinajstić information content (AvgIpc) is 3.87. The maximum Gasteiger partial charge on any atom is 0.323 e. The first-order chi connectivity index (χ1) is 23.0. The Morgan fingerprint density at radius 1 is 0.809 bits per heavy atom. The number of rotatable bonds is 9. The maximum absolute atomic E-state index is 12.9. The summed E-state index contributed by atoms with van der Waals surface area (Å²) in [6.07, 6.45) is 4.19. The van der Waals surface area contributed by atoms with Gasteiger partial charge in [0, 0.05) is 61.4 Å². The molecular formula is C34H45N9O4. The van der Waals surface area contributed by atoms with E-state index in [9.17, 15) is 15.0 Å². The predicted molar refractivity (Wildman–Crippen MR) is 182 cm³/mol. The van der Waals surface area contributed by atoms with Gasteiger partial charge in [0.1, 0.15) is 0 Å². The lowest BCUT2D eigenvalue weighted by Crippen LogP contribution is -2.47. The fourth-order valence-electron chi connectivity index (χ4n) is 6.93. The summed E-state index contributed by atoms with van der Waals surface area (Å²) in [7, 11) is 0. The van der Waals surface area contributed by atoms with E-state index in [-0.39, 0.29) is 37.4 Å². The number of ether oxygens (including phenoxy) is 1. The van der Waals surface area contributed by atoms with E-state index in [1.165, 1.54) is 18.5 Å². The monoisotopic (exact) mass is 643 g/mol. The van der Waals surface area contributed by atoms with Gasteiger partial charge in [-0.05, 0) is 81.1 Å². The summed E-state index contributed by atoms with van der Waals surface area (Å²) in [6, 6.07) is 15.6. The summed E-state index contributed by atoms with van der Waals surface area (Å²) in [5, 5.41) is 26.0. The molecule has 2 aromatic carbocycles. The molecule has 47 heavy (non-hydrogen) atoms. The van der Waals surface area contributed by atoms with Crippen molar-refractivity contribution < 1.29 is 19.7 Å². The van der Waals surface area contributed by atoms with Crippen LogP contribution in [0.4, 0.5) is 33.8 Å². The van der Waals surface area contributed by atoms with Crippen molar-refractivity contribution in [1.29, 1.82) is 0 Å². The molecule has 4 heterocycles. The zero-order valence-electron chi connectivity index (χ0n) is 27.0. The van der Waals surface area contributed by atoms with Gasteiger partial charge in [-0.15, -0.1) is 0 Å². The van der Waals surface area contributed by atoms with E-state index in [4.69, 9.17) is 19.7 Å². The van der Waals surface area contributed by atoms with Crippen molar-refractivity contribution in [2.75, 3.05) is 84.5 Å². The first-order valence-electron chi connectivity index (χ1n) is 16.9. The highest BCUT2D eigenvalue weighted by Crippen LogP contribution is 2.32. The molecule has 4 fully saturated rings. The largest absolute Gasteiger partial charge is 0.394 e. The number of anilines is 5. The maximum atomic E-state index is 12.9. The van der Waals surface area contributed by atoms with Crippen LogP contribution in [-0.4, -0.2) is 119 Å². The summed E-state index contributed by atoms with van der Waals surface area (Å²) in [5.74, 6) is 1.45. The SMILES string of the molecule is CC1COCCN1c1nc(-c2ccc(NC(=O)Nc3ccc(N4CCN(C5CC5)CC4)cc3)cc2)nc(N2[C@H](CO)CC[C@@H]2CO)n1. The highest BCUT2D eigenvalue weighted by atomic mass is 16.5. The Morgan fingerprint density at radius 3 is 2.02 bits per heavy atom. The Morgan fingerprint density at radius 2 is 1.43 bits per heavy atom. The van der Waals surface area contributed by atoms with Crippen LogP contribution < -0.4 is 25.3 Å². The summed E-state index contributed by atoms with van der Waals surface area (Å²) in [6.45, 7) is 8.05. The quantitative estimate of drug-likeness (QED) is 0.273. The lowest BCUT2D eigenvalue weighted by molar-refractivity contribution is 0.0981. The molecule has 1 aromatic heterocycles. The Bertz CT molecular complexity index is 1500. The lowest BCUT2D eigenvalue weighted by Gasteiger charge is -2.36. The number of carbonyl (C=O) groups excluding carboxylic acids is 1. The Balaban J connectivity index is 1.03. The number of aliphatic hydroxyl groups excluding tert-OH is 2. The van der Waals surface area contributed by atoms with Crippen LogP contribution in [0.1, 0.15) is 32.6 Å². The van der Waals surface area contributed by atoms with Gasteiger partial charge in [-0.3, -0.25) is 4.90 Å². The minimum Gasteiger partial charge on any atom is -0.394 e. The second-order valence-corrected chi connectivity index (χ2v) is 13.0. The molecule has 3 aliphatic heterocycles. The molecule has 0 bridgehead atoms. The van der Waals surface area contributed by atoms with Gasteiger partial charge in [0.15, 0.2) is 5.82 Å². The minimum absolute atomic E-state index is 0.0506. The fourth-order valence-corrected chi connectivity index (χ4v) is 6.93. The van der Waals surface area contributed by atoms with Gasteiger partial charge < -0.3 is 40.3 Å². The number of hydrogen-bond donors (Lipinski definition) is 4. The van der Waals surface area contributed by atoms with E-state index in [2.05, 4.69) is 44.4 Å². The first-order valence-corrected chi connectivity index (χ1v) is 16.9. The predicted octanol–water partition coefficient (Wildman–Crippen LogP) is 3.01. The highest BCUT2D eigenvalue weighted by molar-refractivity contribution is 6.00. The van der Waals surface area contributed by atoms with Crippen molar-refractivity contribution in [3.63, 3.8) is 0 Å². The van der Waals surface area contributed by atoms with Crippen LogP contribution in [0.5, 0.6) is 0 Å². The molecule has 0 radical (unpaired) electrons. The highest BCUT2D eigenvalue weighted by Gasteiger charge is 2.36. The van der Waals surface area contributed by atoms with Gasteiger partial charge in [0.25, 0.3) is 0 Å². The smallest absolute Gasteiger partial charge is 0.323 e. The van der Waals surface area contributed by atoms with E-state index in [1.807, 2.05) is 41.3 Å². The summed E-state index contributed by atoms with van der Waals surface area (Å²) in [4.78, 5) is 36.4. The zero-order valence-corrected chi connectivity index (χ0v) is 27.0. The third-order valence-electron chi connectivity index (χ3n) is 9.78. The molecule has 7 rings (SSSR count). The van der Waals surface area contributed by atoms with Gasteiger partial charge in [-0.1, -0.05) is 0 Å². The molecule has 13 nitrogen and oxygen atoms in total. The number of hydrogen-bond acceptors (Lipinski definition) is 11. The molecule has 3 atom stereocenters. The molecule has 1 saturated carbocycles. The standard InChI is InChI=1S/C34H45N9O4/c1-23-22-47-19-18-42(23)32-37-31(38-33(39-32)43-29(20-44)12-13-30(43)21-45)24-2-4-25(5-3-24)35-34(46)36-26-6-8-27(9-7-26)40-14-16-41(17-15-40)28-10-11-28/h2-9,23,28-30,44-45H,10-22H2,1H3,(H2,35,36,46)/t23?,29-,30+. The Hall–Kier alpha value is -4.04. The first kappa shape index (κ1) is 31.6. The second kappa shape index (κ2) is 14.0. The molecule has 250 valence electrons. The Labute approximate surface area is 275 Å². The second-order valence-electron chi connectivity index (χ2n) is 13.0. The van der Waals surface area contributed by atoms with Crippen LogP contribution in [0.15, 0.2) is 48.5 Å². The lowest BCUT2D eigenvalue weighted by atomic mass is 10.2. The van der Waals surface area contributed by atoms with Gasteiger partial charge in [-0.2, -0.15) is 15.0 Å². The molecule has 3 saturated heterocycles. The number of nitrogens with zero attached hydrogens (tertiary/aromatic N) is 7. The fraction of sp³-hybridized carbons (Fsp3) is 0.529. The third-order valence-corrected chi connectivity index (χ3v) is 9.78. The number of nitrogens with one attached hydrogen (secondary N) is 2. The van der Waals surface area contributed by atoms with Crippen LogP contribution in [-0.2, 0) is 4.74 Å². The van der Waals surface area contributed by atoms with Crippen molar-refractivity contribution in [3.8, 4) is 11.4 Å². The van der Waals surface area contributed by atoms with Crippen LogP contribution in [0.25, 0.3) is 11.4 Å². The van der Waals surface area contributed by atoms with E-state index < -0.39 is 0 Å². The molecule has 1 aliphatic carbocycles. The molecule has 0 spiro atoms. The van der Waals surface area contributed by atoms with Crippen LogP contribution in [0, 0.1) is 0 Å². The van der Waals surface area contributed by atoms with Crippen molar-refractivity contribution in [2.24, 2.45) is 0 Å². The van der Waals surface area contributed by atoms with Crippen molar-refractivity contribution in [1.82, 2.24) is 19.9 Å². The normalized spacial score (nSPS) is 23.6. The van der Waals surface area contributed by atoms with E-state index in [0.29, 0.717) is 43.2 Å². The zero-order chi connectivity index (χ0) is 32.3. The summed E-state index contributed by atoms with van der Waals surface area (Å²) < 4.78 is 5.64. The number of morpholine rings is 1. The van der Waals surface area contributed by atoms with Gasteiger partial charge >= 0.3 is 6.03 Å². The van der Waals surface area contributed by atoms with Crippen molar-refractivity contribution in [3.05, 3.63) is 48.5 Å². The number of piperazine rings is 1. The van der Waals surface area contributed by atoms with E-state index in [1.54, 1.807) is 0 Å². The minimum atomic E-state index is -0.325.